The van der Waals surface area contributed by atoms with Gasteiger partial charge in [0, 0.05) is 12.6 Å². The van der Waals surface area contributed by atoms with Crippen LogP contribution in [0.3, 0.4) is 0 Å². The second-order valence-electron chi connectivity index (χ2n) is 4.96. The predicted molar refractivity (Wildman–Crippen MR) is 76.7 cm³/mol. The van der Waals surface area contributed by atoms with Crippen molar-refractivity contribution in [1.29, 1.82) is 0 Å². The van der Waals surface area contributed by atoms with Gasteiger partial charge in [-0.2, -0.15) is 8.78 Å². The van der Waals surface area contributed by atoms with Crippen LogP contribution in [0.15, 0.2) is 36.4 Å². The van der Waals surface area contributed by atoms with E-state index in [2.05, 4.69) is 15.4 Å². The molecule has 1 aromatic carbocycles. The quantitative estimate of drug-likeness (QED) is 0.706. The zero-order chi connectivity index (χ0) is 15.9. The minimum absolute atomic E-state index is 0.0189. The van der Waals surface area contributed by atoms with Gasteiger partial charge in [0.05, 0.1) is 6.10 Å². The summed E-state index contributed by atoms with van der Waals surface area (Å²) in [5, 5.41) is 15.3. The van der Waals surface area contributed by atoms with Gasteiger partial charge >= 0.3 is 12.6 Å². The van der Waals surface area contributed by atoms with Crippen molar-refractivity contribution in [2.24, 2.45) is 0 Å². The molecule has 7 heteroatoms. The summed E-state index contributed by atoms with van der Waals surface area (Å²) in [6, 6.07) is 5.39. The molecular weight excluding hydrogens is 294 g/mol. The molecule has 0 heterocycles. The molecule has 1 aliphatic rings. The number of rotatable bonds is 6. The maximum Gasteiger partial charge on any atom is 0.387 e. The number of urea groups is 1. The largest absolute Gasteiger partial charge is 0.435 e. The number of halogens is 2. The Morgan fingerprint density at radius 1 is 1.27 bits per heavy atom. The summed E-state index contributed by atoms with van der Waals surface area (Å²) in [4.78, 5) is 11.6. The third-order valence-electron chi connectivity index (χ3n) is 3.29. The highest BCUT2D eigenvalue weighted by molar-refractivity contribution is 5.74. The Hall–Kier alpha value is -2.15. The fraction of sp³-hybridized carbons (Fsp3) is 0.400. The van der Waals surface area contributed by atoms with E-state index in [4.69, 9.17) is 0 Å². The Morgan fingerprint density at radius 2 is 1.91 bits per heavy atom. The Bertz CT molecular complexity index is 512. The number of benzene rings is 1. The highest BCUT2D eigenvalue weighted by Gasteiger charge is 2.14. The van der Waals surface area contributed by atoms with Gasteiger partial charge in [-0.3, -0.25) is 0 Å². The molecule has 22 heavy (non-hydrogen) atoms. The number of hydrogen-bond acceptors (Lipinski definition) is 3. The first kappa shape index (κ1) is 16.2. The molecule has 1 aromatic rings. The molecule has 0 fully saturated rings. The summed E-state index contributed by atoms with van der Waals surface area (Å²) < 4.78 is 28.3. The fourth-order valence-corrected chi connectivity index (χ4v) is 2.15. The van der Waals surface area contributed by atoms with Crippen LogP contribution in [-0.2, 0) is 0 Å². The van der Waals surface area contributed by atoms with E-state index in [0.29, 0.717) is 5.56 Å². The predicted octanol–water partition coefficient (Wildman–Crippen LogP) is 2.34. The van der Waals surface area contributed by atoms with Crippen LogP contribution in [0.5, 0.6) is 5.75 Å². The molecule has 1 unspecified atom stereocenters. The molecule has 0 saturated carbocycles. The molecule has 1 atom stereocenters. The lowest BCUT2D eigenvalue weighted by Gasteiger charge is -2.16. The van der Waals surface area contributed by atoms with Crippen LogP contribution in [0.25, 0.3) is 0 Å². The average Bonchev–Trinajstić information content (AvgIpc) is 2.98. The highest BCUT2D eigenvalue weighted by atomic mass is 19.3. The summed E-state index contributed by atoms with van der Waals surface area (Å²) in [6.45, 7) is -2.85. The van der Waals surface area contributed by atoms with Gasteiger partial charge in [0.2, 0.25) is 0 Å². The zero-order valence-electron chi connectivity index (χ0n) is 11.8. The average molecular weight is 312 g/mol. The number of alkyl halides is 2. The van der Waals surface area contributed by atoms with Crippen LogP contribution >= 0.6 is 0 Å². The van der Waals surface area contributed by atoms with E-state index >= 15 is 0 Å². The maximum absolute atomic E-state index is 12.0. The molecule has 0 aromatic heterocycles. The molecule has 3 N–H and O–H groups in total. The summed E-state index contributed by atoms with van der Waals surface area (Å²) in [5.41, 5.74) is 0.504. The second-order valence-corrected chi connectivity index (χ2v) is 4.96. The molecule has 0 bridgehead atoms. The van der Waals surface area contributed by atoms with E-state index in [1.807, 2.05) is 12.2 Å². The Balaban J connectivity index is 1.76. The van der Waals surface area contributed by atoms with Crippen molar-refractivity contribution in [3.8, 4) is 5.75 Å². The van der Waals surface area contributed by atoms with E-state index in [0.717, 1.165) is 12.8 Å². The first-order chi connectivity index (χ1) is 10.5. The van der Waals surface area contributed by atoms with Crippen LogP contribution in [0.2, 0.25) is 0 Å². The van der Waals surface area contributed by atoms with E-state index in [-0.39, 0.29) is 24.4 Å². The molecule has 2 rings (SSSR count). The lowest BCUT2D eigenvalue weighted by atomic mass is 10.1. The van der Waals surface area contributed by atoms with Gasteiger partial charge in [-0.1, -0.05) is 24.3 Å². The molecule has 0 saturated heterocycles. The normalized spacial score (nSPS) is 15.8. The monoisotopic (exact) mass is 312 g/mol. The van der Waals surface area contributed by atoms with Crippen molar-refractivity contribution in [3.05, 3.63) is 42.0 Å². The van der Waals surface area contributed by atoms with Crippen LogP contribution < -0.4 is 15.4 Å². The van der Waals surface area contributed by atoms with Gasteiger partial charge in [0.1, 0.15) is 5.75 Å². The number of carbonyl (C=O) groups is 1. The van der Waals surface area contributed by atoms with Crippen molar-refractivity contribution < 1.29 is 23.4 Å². The molecule has 0 radical (unpaired) electrons. The van der Waals surface area contributed by atoms with Gasteiger partial charge in [0.15, 0.2) is 0 Å². The molecule has 1 aliphatic carbocycles. The summed E-state index contributed by atoms with van der Waals surface area (Å²) in [6.07, 6.45) is 4.70. The Kier molecular flexibility index (Phi) is 5.71. The number of aliphatic hydroxyl groups excluding tert-OH is 1. The number of aliphatic hydroxyl groups is 1. The van der Waals surface area contributed by atoms with Crippen molar-refractivity contribution in [2.75, 3.05) is 6.54 Å². The maximum atomic E-state index is 12.0. The lowest BCUT2D eigenvalue weighted by molar-refractivity contribution is -0.0498. The topological polar surface area (TPSA) is 70.6 Å². The van der Waals surface area contributed by atoms with Crippen molar-refractivity contribution in [2.45, 2.75) is 31.6 Å². The Labute approximate surface area is 127 Å². The van der Waals surface area contributed by atoms with Gasteiger partial charge < -0.3 is 20.5 Å². The summed E-state index contributed by atoms with van der Waals surface area (Å²) >= 11 is 0. The molecule has 5 nitrogen and oxygen atoms in total. The van der Waals surface area contributed by atoms with Gasteiger partial charge in [0.25, 0.3) is 0 Å². The molecule has 120 valence electrons. The number of nitrogens with one attached hydrogen (secondary N) is 2. The standard InChI is InChI=1S/C15H18F2N2O3/c16-14(17)22-12-7-5-10(6-8-12)13(20)9-18-15(21)19-11-3-1-2-4-11/h1-2,5-8,11,13-14,20H,3-4,9H2,(H2,18,19,21). The van der Waals surface area contributed by atoms with Crippen LogP contribution in [-0.4, -0.2) is 30.3 Å². The van der Waals surface area contributed by atoms with E-state index in [9.17, 15) is 18.7 Å². The van der Waals surface area contributed by atoms with Crippen molar-refractivity contribution >= 4 is 6.03 Å². The summed E-state index contributed by atoms with van der Waals surface area (Å²) in [7, 11) is 0. The Morgan fingerprint density at radius 3 is 2.50 bits per heavy atom. The highest BCUT2D eigenvalue weighted by Crippen LogP contribution is 2.19. The summed E-state index contributed by atoms with van der Waals surface area (Å²) in [5.74, 6) is 0.0189. The smallest absolute Gasteiger partial charge is 0.387 e. The molecule has 0 spiro atoms. The van der Waals surface area contributed by atoms with Gasteiger partial charge in [-0.05, 0) is 30.5 Å². The zero-order valence-corrected chi connectivity index (χ0v) is 11.8. The first-order valence-corrected chi connectivity index (χ1v) is 6.97. The molecule has 2 amide bonds. The number of hydrogen-bond donors (Lipinski definition) is 3. The van der Waals surface area contributed by atoms with Gasteiger partial charge in [-0.25, -0.2) is 4.79 Å². The van der Waals surface area contributed by atoms with Crippen LogP contribution in [0, 0.1) is 0 Å². The number of ether oxygens (including phenoxy) is 1. The minimum atomic E-state index is -2.88. The van der Waals surface area contributed by atoms with Crippen LogP contribution in [0.4, 0.5) is 13.6 Å². The van der Waals surface area contributed by atoms with Crippen LogP contribution in [0.1, 0.15) is 24.5 Å². The number of amides is 2. The van der Waals surface area contributed by atoms with Crippen molar-refractivity contribution in [3.63, 3.8) is 0 Å². The fourth-order valence-electron chi connectivity index (χ4n) is 2.15. The molecule has 0 aliphatic heterocycles. The minimum Gasteiger partial charge on any atom is -0.435 e. The van der Waals surface area contributed by atoms with E-state index in [1.165, 1.54) is 24.3 Å². The second kappa shape index (κ2) is 7.74. The van der Waals surface area contributed by atoms with Gasteiger partial charge in [-0.15, -0.1) is 0 Å². The SMILES string of the molecule is O=C(NCC(O)c1ccc(OC(F)F)cc1)NC1CC=CC1. The molecular formula is C15H18F2N2O3. The van der Waals surface area contributed by atoms with E-state index < -0.39 is 12.7 Å². The third-order valence-corrected chi connectivity index (χ3v) is 3.29. The number of carbonyl (C=O) groups excluding carboxylic acids is 1. The lowest BCUT2D eigenvalue weighted by Crippen LogP contribution is -2.42. The van der Waals surface area contributed by atoms with Crippen molar-refractivity contribution in [1.82, 2.24) is 10.6 Å². The van der Waals surface area contributed by atoms with E-state index in [1.54, 1.807) is 0 Å². The first-order valence-electron chi connectivity index (χ1n) is 6.97. The third kappa shape index (κ3) is 5.00.